The minimum atomic E-state index is -4.57. The number of hydrogen-bond acceptors (Lipinski definition) is 3. The van der Waals surface area contributed by atoms with Gasteiger partial charge in [-0.3, -0.25) is 5.10 Å². The van der Waals surface area contributed by atoms with Gasteiger partial charge in [0.15, 0.2) is 5.82 Å². The normalized spacial score (nSPS) is 12.5. The van der Waals surface area contributed by atoms with Crippen LogP contribution in [0.4, 0.5) is 17.6 Å². The molecule has 0 spiro atoms. The van der Waals surface area contributed by atoms with Crippen LogP contribution in [0.5, 0.6) is 5.75 Å². The monoisotopic (exact) mass is 315 g/mol. The standard InChI is InChI=1S/C14H13F4N3O/c1-2-9(7-15)8-22-11-5-3-10(4-6-11)12-19-13(21-20-12)14(16,17)18/h3-7H,2,8H2,1H3,(H,19,20,21)/b9-7+. The second kappa shape index (κ2) is 6.59. The average Bonchev–Trinajstić information content (AvgIpc) is 2.99. The summed E-state index contributed by atoms with van der Waals surface area (Å²) in [6, 6.07) is 6.18. The first-order valence-corrected chi connectivity index (χ1v) is 6.45. The Balaban J connectivity index is 2.07. The van der Waals surface area contributed by atoms with Gasteiger partial charge in [-0.05, 0) is 36.3 Å². The Kier molecular flexibility index (Phi) is 4.79. The van der Waals surface area contributed by atoms with Crippen LogP contribution in [0, 0.1) is 0 Å². The summed E-state index contributed by atoms with van der Waals surface area (Å²) in [7, 11) is 0. The lowest BCUT2D eigenvalue weighted by Crippen LogP contribution is -2.07. The van der Waals surface area contributed by atoms with E-state index in [9.17, 15) is 17.6 Å². The van der Waals surface area contributed by atoms with E-state index in [4.69, 9.17) is 4.74 Å². The summed E-state index contributed by atoms with van der Waals surface area (Å²) in [5, 5.41) is 5.38. The molecule has 1 heterocycles. The highest BCUT2D eigenvalue weighted by atomic mass is 19.4. The van der Waals surface area contributed by atoms with E-state index in [1.54, 1.807) is 19.1 Å². The maximum Gasteiger partial charge on any atom is 0.451 e. The number of aromatic amines is 1. The number of H-pyrrole nitrogens is 1. The number of ether oxygens (including phenoxy) is 1. The highest BCUT2D eigenvalue weighted by molar-refractivity contribution is 5.55. The number of nitrogens with one attached hydrogen (secondary N) is 1. The molecule has 0 aliphatic carbocycles. The van der Waals surface area contributed by atoms with Crippen molar-refractivity contribution < 1.29 is 22.3 Å². The summed E-state index contributed by atoms with van der Waals surface area (Å²) in [5.41, 5.74) is 0.920. The molecule has 0 atom stereocenters. The third-order valence-corrected chi connectivity index (χ3v) is 2.90. The van der Waals surface area contributed by atoms with Gasteiger partial charge in [0.05, 0.1) is 6.33 Å². The van der Waals surface area contributed by atoms with E-state index in [0.29, 0.717) is 29.6 Å². The maximum atomic E-state index is 12.4. The van der Waals surface area contributed by atoms with E-state index in [1.807, 2.05) is 5.10 Å². The van der Waals surface area contributed by atoms with Gasteiger partial charge >= 0.3 is 6.18 Å². The predicted molar refractivity (Wildman–Crippen MR) is 71.8 cm³/mol. The van der Waals surface area contributed by atoms with E-state index in [1.165, 1.54) is 12.1 Å². The molecule has 1 aromatic carbocycles. The van der Waals surface area contributed by atoms with Crippen molar-refractivity contribution in [3.8, 4) is 17.1 Å². The Bertz CT molecular complexity index is 647. The lowest BCUT2D eigenvalue weighted by atomic mass is 10.2. The molecular formula is C14H13F4N3O. The molecule has 0 saturated heterocycles. The molecule has 0 aliphatic rings. The molecule has 2 rings (SSSR count). The molecule has 1 aromatic heterocycles. The quantitative estimate of drug-likeness (QED) is 0.844. The molecule has 0 amide bonds. The first-order valence-electron chi connectivity index (χ1n) is 6.45. The SMILES string of the molecule is CC/C(=C\F)COc1ccc(-c2n[nH]c(C(F)(F)F)n2)cc1. The van der Waals surface area contributed by atoms with Crippen molar-refractivity contribution in [2.45, 2.75) is 19.5 Å². The largest absolute Gasteiger partial charge is 0.489 e. The summed E-state index contributed by atoms with van der Waals surface area (Å²) in [4.78, 5) is 3.39. The zero-order valence-electron chi connectivity index (χ0n) is 11.6. The highest BCUT2D eigenvalue weighted by Crippen LogP contribution is 2.28. The van der Waals surface area contributed by atoms with Crippen molar-refractivity contribution in [1.82, 2.24) is 15.2 Å². The van der Waals surface area contributed by atoms with Gasteiger partial charge in [0.25, 0.3) is 0 Å². The minimum Gasteiger partial charge on any atom is -0.489 e. The van der Waals surface area contributed by atoms with E-state index in [-0.39, 0.29) is 12.4 Å². The predicted octanol–water partition coefficient (Wildman–Crippen LogP) is 4.13. The number of benzene rings is 1. The average molecular weight is 315 g/mol. The Morgan fingerprint density at radius 2 is 1.95 bits per heavy atom. The van der Waals surface area contributed by atoms with Crippen LogP contribution in [-0.4, -0.2) is 21.8 Å². The number of aromatic nitrogens is 3. The van der Waals surface area contributed by atoms with Crippen LogP contribution in [0.3, 0.4) is 0 Å². The number of alkyl halides is 3. The van der Waals surface area contributed by atoms with Gasteiger partial charge in [0.2, 0.25) is 5.82 Å². The lowest BCUT2D eigenvalue weighted by molar-refractivity contribution is -0.144. The first kappa shape index (κ1) is 16.0. The Morgan fingerprint density at radius 1 is 1.27 bits per heavy atom. The molecule has 8 heteroatoms. The van der Waals surface area contributed by atoms with Gasteiger partial charge in [-0.1, -0.05) is 6.92 Å². The van der Waals surface area contributed by atoms with E-state index in [0.717, 1.165) is 0 Å². The maximum absolute atomic E-state index is 12.4. The second-order valence-electron chi connectivity index (χ2n) is 4.44. The van der Waals surface area contributed by atoms with Crippen LogP contribution < -0.4 is 4.74 Å². The van der Waals surface area contributed by atoms with Gasteiger partial charge < -0.3 is 4.74 Å². The molecule has 0 aliphatic heterocycles. The molecule has 0 saturated carbocycles. The molecule has 0 bridgehead atoms. The molecule has 1 N–H and O–H groups in total. The Hall–Kier alpha value is -2.38. The zero-order valence-corrected chi connectivity index (χ0v) is 11.6. The number of halogens is 4. The Morgan fingerprint density at radius 3 is 2.45 bits per heavy atom. The molecule has 0 fully saturated rings. The number of nitrogens with zero attached hydrogens (tertiary/aromatic N) is 2. The van der Waals surface area contributed by atoms with Crippen molar-refractivity contribution in [3.63, 3.8) is 0 Å². The van der Waals surface area contributed by atoms with Crippen LogP contribution in [0.15, 0.2) is 36.2 Å². The van der Waals surface area contributed by atoms with Crippen LogP contribution in [-0.2, 0) is 6.18 Å². The van der Waals surface area contributed by atoms with Crippen molar-refractivity contribution in [1.29, 1.82) is 0 Å². The zero-order chi connectivity index (χ0) is 16.2. The van der Waals surface area contributed by atoms with Crippen molar-refractivity contribution in [3.05, 3.63) is 42.0 Å². The summed E-state index contributed by atoms with van der Waals surface area (Å²) in [6.07, 6.45) is -3.53. The van der Waals surface area contributed by atoms with Gasteiger partial charge in [-0.2, -0.15) is 18.3 Å². The summed E-state index contributed by atoms with van der Waals surface area (Å²) >= 11 is 0. The molecule has 118 valence electrons. The summed E-state index contributed by atoms with van der Waals surface area (Å²) < 4.78 is 55.1. The van der Waals surface area contributed by atoms with E-state index >= 15 is 0 Å². The third kappa shape index (κ3) is 3.84. The van der Waals surface area contributed by atoms with Crippen LogP contribution in [0.2, 0.25) is 0 Å². The fraction of sp³-hybridized carbons (Fsp3) is 0.286. The van der Waals surface area contributed by atoms with Gasteiger partial charge in [-0.25, -0.2) is 9.37 Å². The molecule has 2 aromatic rings. The van der Waals surface area contributed by atoms with Crippen LogP contribution in [0.25, 0.3) is 11.4 Å². The van der Waals surface area contributed by atoms with Gasteiger partial charge in [0, 0.05) is 5.56 Å². The van der Waals surface area contributed by atoms with Gasteiger partial charge in [-0.15, -0.1) is 0 Å². The van der Waals surface area contributed by atoms with E-state index < -0.39 is 12.0 Å². The summed E-state index contributed by atoms with van der Waals surface area (Å²) in [6.45, 7) is 1.92. The molecule has 22 heavy (non-hydrogen) atoms. The summed E-state index contributed by atoms with van der Waals surface area (Å²) in [5.74, 6) is -0.733. The highest BCUT2D eigenvalue weighted by Gasteiger charge is 2.35. The van der Waals surface area contributed by atoms with Crippen LogP contribution >= 0.6 is 0 Å². The molecule has 0 radical (unpaired) electrons. The Labute approximate surface area is 123 Å². The molecule has 4 nitrogen and oxygen atoms in total. The topological polar surface area (TPSA) is 50.8 Å². The second-order valence-corrected chi connectivity index (χ2v) is 4.44. The molecule has 0 unspecified atom stereocenters. The fourth-order valence-corrected chi connectivity index (χ4v) is 1.60. The lowest BCUT2D eigenvalue weighted by Gasteiger charge is -2.07. The number of rotatable bonds is 5. The van der Waals surface area contributed by atoms with Gasteiger partial charge in [0.1, 0.15) is 12.4 Å². The third-order valence-electron chi connectivity index (χ3n) is 2.90. The fourth-order valence-electron chi connectivity index (χ4n) is 1.60. The first-order chi connectivity index (χ1) is 10.4. The minimum absolute atomic E-state index is 0.0585. The van der Waals surface area contributed by atoms with Crippen molar-refractivity contribution in [2.24, 2.45) is 0 Å². The van der Waals surface area contributed by atoms with Crippen LogP contribution in [0.1, 0.15) is 19.2 Å². The number of hydrogen-bond donors (Lipinski definition) is 1. The smallest absolute Gasteiger partial charge is 0.451 e. The van der Waals surface area contributed by atoms with Crippen molar-refractivity contribution >= 4 is 0 Å². The van der Waals surface area contributed by atoms with E-state index in [2.05, 4.69) is 10.1 Å². The molecular weight excluding hydrogens is 302 g/mol. The van der Waals surface area contributed by atoms with Crippen molar-refractivity contribution in [2.75, 3.05) is 6.61 Å².